The van der Waals surface area contributed by atoms with Gasteiger partial charge >= 0.3 is 0 Å². The number of carbonyl (C=O) groups excluding carboxylic acids is 2. The molecular weight excluding hydrogens is 354 g/mol. The first-order valence-electron chi connectivity index (χ1n) is 9.34. The van der Waals surface area contributed by atoms with E-state index in [-0.39, 0.29) is 18.4 Å². The first kappa shape index (κ1) is 21.0. The summed E-state index contributed by atoms with van der Waals surface area (Å²) in [6, 6.07) is 14.3. The highest BCUT2D eigenvalue weighted by molar-refractivity contribution is 5.98. The quantitative estimate of drug-likeness (QED) is 0.615. The van der Waals surface area contributed by atoms with Crippen molar-refractivity contribution in [1.29, 1.82) is 0 Å². The maximum atomic E-state index is 12.4. The lowest BCUT2D eigenvalue weighted by molar-refractivity contribution is -0.114. The minimum atomic E-state index is -0.195. The Bertz CT molecular complexity index is 799. The van der Waals surface area contributed by atoms with E-state index in [2.05, 4.69) is 17.2 Å². The molecule has 0 fully saturated rings. The lowest BCUT2D eigenvalue weighted by atomic mass is 10.1. The molecule has 0 unspecified atom stereocenters. The van der Waals surface area contributed by atoms with Crippen LogP contribution in [0.15, 0.2) is 61.2 Å². The van der Waals surface area contributed by atoms with Crippen LogP contribution in [0.3, 0.4) is 0 Å². The Balaban J connectivity index is 1.90. The number of hydrogen-bond donors (Lipinski definition) is 2. The molecule has 0 aliphatic heterocycles. The van der Waals surface area contributed by atoms with Gasteiger partial charge in [-0.2, -0.15) is 0 Å². The van der Waals surface area contributed by atoms with Crippen LogP contribution >= 0.6 is 0 Å². The van der Waals surface area contributed by atoms with Gasteiger partial charge < -0.3 is 20.3 Å². The van der Waals surface area contributed by atoms with Crippen LogP contribution in [0.25, 0.3) is 0 Å². The molecule has 0 aliphatic rings. The van der Waals surface area contributed by atoms with Gasteiger partial charge in [-0.15, -0.1) is 0 Å². The largest absolute Gasteiger partial charge is 0.490 e. The third-order valence-corrected chi connectivity index (χ3v) is 4.12. The number of ether oxygens (including phenoxy) is 1. The summed E-state index contributed by atoms with van der Waals surface area (Å²) in [4.78, 5) is 26.4. The summed E-state index contributed by atoms with van der Waals surface area (Å²) in [6.45, 7) is 9.34. The van der Waals surface area contributed by atoms with Crippen LogP contribution in [-0.4, -0.2) is 43.0 Å². The number of rotatable bonds is 10. The molecular formula is C22H27N3O3. The van der Waals surface area contributed by atoms with Crippen LogP contribution in [-0.2, 0) is 4.79 Å². The second-order valence-electron chi connectivity index (χ2n) is 6.08. The number of carbonyl (C=O) groups is 2. The van der Waals surface area contributed by atoms with Crippen molar-refractivity contribution < 1.29 is 14.3 Å². The highest BCUT2D eigenvalue weighted by atomic mass is 16.5. The molecule has 0 atom stereocenters. The lowest BCUT2D eigenvalue weighted by Crippen LogP contribution is -2.30. The highest BCUT2D eigenvalue weighted by Gasteiger charge is 2.13. The monoisotopic (exact) mass is 381 g/mol. The third kappa shape index (κ3) is 6.16. The average Bonchev–Trinajstić information content (AvgIpc) is 2.72. The predicted octanol–water partition coefficient (Wildman–Crippen LogP) is 3.78. The number of anilines is 2. The van der Waals surface area contributed by atoms with Gasteiger partial charge in [0.15, 0.2) is 0 Å². The van der Waals surface area contributed by atoms with Gasteiger partial charge in [0.05, 0.1) is 6.54 Å². The SMILES string of the molecule is C=CCOc1ccc(NCC(=O)Nc2cccc(C(=O)N(CC)CC)c2)cc1. The molecule has 0 saturated heterocycles. The van der Waals surface area contributed by atoms with Crippen LogP contribution in [0.2, 0.25) is 0 Å². The van der Waals surface area contributed by atoms with E-state index >= 15 is 0 Å². The molecule has 0 heterocycles. The van der Waals surface area contributed by atoms with Crippen molar-refractivity contribution >= 4 is 23.2 Å². The first-order chi connectivity index (χ1) is 13.6. The highest BCUT2D eigenvalue weighted by Crippen LogP contribution is 2.16. The standard InChI is InChI=1S/C22H27N3O3/c1-4-14-28-20-12-10-18(11-13-20)23-16-21(26)24-19-9-7-8-17(15-19)22(27)25(5-2)6-3/h4,7-13,15,23H,1,5-6,14,16H2,2-3H3,(H,24,26). The normalized spacial score (nSPS) is 10.1. The maximum Gasteiger partial charge on any atom is 0.253 e. The topological polar surface area (TPSA) is 70.7 Å². The molecule has 0 radical (unpaired) electrons. The fourth-order valence-corrected chi connectivity index (χ4v) is 2.64. The second kappa shape index (κ2) is 10.8. The molecule has 148 valence electrons. The van der Waals surface area contributed by atoms with Gasteiger partial charge in [0.2, 0.25) is 5.91 Å². The van der Waals surface area contributed by atoms with Crippen molar-refractivity contribution in [3.8, 4) is 5.75 Å². The molecule has 2 N–H and O–H groups in total. The maximum absolute atomic E-state index is 12.4. The molecule has 0 aromatic heterocycles. The van der Waals surface area contributed by atoms with Gasteiger partial charge in [-0.25, -0.2) is 0 Å². The van der Waals surface area contributed by atoms with Crippen LogP contribution in [0.5, 0.6) is 5.75 Å². The molecule has 2 rings (SSSR count). The van der Waals surface area contributed by atoms with Crippen molar-refractivity contribution in [1.82, 2.24) is 4.90 Å². The molecule has 0 spiro atoms. The summed E-state index contributed by atoms with van der Waals surface area (Å²) >= 11 is 0. The van der Waals surface area contributed by atoms with Crippen LogP contribution < -0.4 is 15.4 Å². The van der Waals surface area contributed by atoms with Gasteiger partial charge in [0, 0.05) is 30.0 Å². The van der Waals surface area contributed by atoms with Gasteiger partial charge in [-0.05, 0) is 56.3 Å². The summed E-state index contributed by atoms with van der Waals surface area (Å²) in [5.74, 6) is 0.502. The van der Waals surface area contributed by atoms with E-state index in [0.717, 1.165) is 11.4 Å². The Morgan fingerprint density at radius 3 is 2.43 bits per heavy atom. The molecule has 6 nitrogen and oxygen atoms in total. The molecule has 0 aliphatic carbocycles. The van der Waals surface area contributed by atoms with E-state index in [9.17, 15) is 9.59 Å². The Labute approximate surface area is 166 Å². The van der Waals surface area contributed by atoms with E-state index in [1.54, 1.807) is 35.2 Å². The summed E-state index contributed by atoms with van der Waals surface area (Å²) in [6.07, 6.45) is 1.68. The zero-order chi connectivity index (χ0) is 20.4. The Morgan fingerprint density at radius 1 is 1.07 bits per heavy atom. The number of nitrogens with zero attached hydrogens (tertiary/aromatic N) is 1. The van der Waals surface area contributed by atoms with Crippen LogP contribution in [0, 0.1) is 0 Å². The zero-order valence-corrected chi connectivity index (χ0v) is 16.4. The summed E-state index contributed by atoms with van der Waals surface area (Å²) < 4.78 is 5.42. The van der Waals surface area contributed by atoms with Gasteiger partial charge in [0.25, 0.3) is 5.91 Å². The lowest BCUT2D eigenvalue weighted by Gasteiger charge is -2.19. The minimum absolute atomic E-state index is 0.0435. The van der Waals surface area contributed by atoms with Crippen LogP contribution in [0.4, 0.5) is 11.4 Å². The first-order valence-corrected chi connectivity index (χ1v) is 9.34. The Kier molecular flexibility index (Phi) is 8.09. The molecule has 28 heavy (non-hydrogen) atoms. The van der Waals surface area contributed by atoms with Gasteiger partial charge in [-0.1, -0.05) is 18.7 Å². The van der Waals surface area contributed by atoms with Crippen molar-refractivity contribution in [3.05, 3.63) is 66.7 Å². The molecule has 6 heteroatoms. The molecule has 0 bridgehead atoms. The van der Waals surface area contributed by atoms with E-state index in [1.165, 1.54) is 0 Å². The second-order valence-corrected chi connectivity index (χ2v) is 6.08. The predicted molar refractivity (Wildman–Crippen MR) is 113 cm³/mol. The number of benzene rings is 2. The Morgan fingerprint density at radius 2 is 1.79 bits per heavy atom. The van der Waals surface area contributed by atoms with E-state index < -0.39 is 0 Å². The zero-order valence-electron chi connectivity index (χ0n) is 16.4. The summed E-state index contributed by atoms with van der Waals surface area (Å²) in [5, 5.41) is 5.87. The van der Waals surface area contributed by atoms with Crippen molar-refractivity contribution in [2.45, 2.75) is 13.8 Å². The third-order valence-electron chi connectivity index (χ3n) is 4.12. The van der Waals surface area contributed by atoms with Crippen molar-refractivity contribution in [3.63, 3.8) is 0 Å². The summed E-state index contributed by atoms with van der Waals surface area (Å²) in [7, 11) is 0. The Hall–Kier alpha value is -3.28. The van der Waals surface area contributed by atoms with Crippen LogP contribution in [0.1, 0.15) is 24.2 Å². The minimum Gasteiger partial charge on any atom is -0.490 e. The number of hydrogen-bond acceptors (Lipinski definition) is 4. The molecule has 2 aromatic carbocycles. The number of nitrogens with one attached hydrogen (secondary N) is 2. The molecule has 0 saturated carbocycles. The number of amides is 2. The van der Waals surface area contributed by atoms with Crippen molar-refractivity contribution in [2.24, 2.45) is 0 Å². The molecule has 2 amide bonds. The van der Waals surface area contributed by atoms with E-state index in [1.807, 2.05) is 38.1 Å². The van der Waals surface area contributed by atoms with Gasteiger partial charge in [-0.3, -0.25) is 9.59 Å². The van der Waals surface area contributed by atoms with Crippen molar-refractivity contribution in [2.75, 3.05) is 36.9 Å². The smallest absolute Gasteiger partial charge is 0.253 e. The van der Waals surface area contributed by atoms with E-state index in [0.29, 0.717) is 30.9 Å². The fourth-order valence-electron chi connectivity index (χ4n) is 2.64. The molecule has 2 aromatic rings. The average molecular weight is 381 g/mol. The van der Waals surface area contributed by atoms with Gasteiger partial charge in [0.1, 0.15) is 12.4 Å². The summed E-state index contributed by atoms with van der Waals surface area (Å²) in [5.41, 5.74) is 1.97. The fraction of sp³-hybridized carbons (Fsp3) is 0.273. The van der Waals surface area contributed by atoms with E-state index in [4.69, 9.17) is 4.74 Å².